The van der Waals surface area contributed by atoms with E-state index >= 15 is 0 Å². The van der Waals surface area contributed by atoms with Gasteiger partial charge >= 0.3 is 0 Å². The van der Waals surface area contributed by atoms with Crippen molar-refractivity contribution in [1.29, 1.82) is 0 Å². The fourth-order valence-electron chi connectivity index (χ4n) is 2.98. The van der Waals surface area contributed by atoms with E-state index < -0.39 is 0 Å². The molecular formula is C15H21N5. The third kappa shape index (κ3) is 2.72. The lowest BCUT2D eigenvalue weighted by Crippen LogP contribution is -2.39. The predicted molar refractivity (Wildman–Crippen MR) is 80.4 cm³/mol. The van der Waals surface area contributed by atoms with Crippen LogP contribution in [0.2, 0.25) is 0 Å². The summed E-state index contributed by atoms with van der Waals surface area (Å²) in [5.41, 5.74) is 7.89. The largest absolute Gasteiger partial charge is 0.352 e. The number of para-hydroxylation sites is 1. The smallest absolute Gasteiger partial charge is 0.243 e. The average Bonchev–Trinajstić information content (AvgIpc) is 2.54. The minimum atomic E-state index is 0.202. The van der Waals surface area contributed by atoms with Crippen molar-refractivity contribution in [3.05, 3.63) is 24.3 Å². The summed E-state index contributed by atoms with van der Waals surface area (Å²) in [5.74, 6) is 0.599. The highest BCUT2D eigenvalue weighted by Crippen LogP contribution is 2.35. The number of benzene rings is 1. The first kappa shape index (κ1) is 13.2. The molecule has 0 unspecified atom stereocenters. The van der Waals surface area contributed by atoms with Gasteiger partial charge in [-0.3, -0.25) is 0 Å². The van der Waals surface area contributed by atoms with Gasteiger partial charge < -0.3 is 11.1 Å². The van der Waals surface area contributed by atoms with Gasteiger partial charge in [-0.25, -0.2) is 4.98 Å². The third-order valence-electron chi connectivity index (χ3n) is 4.33. The highest BCUT2D eigenvalue weighted by molar-refractivity contribution is 5.73. The third-order valence-corrected chi connectivity index (χ3v) is 4.33. The fourth-order valence-corrected chi connectivity index (χ4v) is 2.98. The fraction of sp³-hybridized carbons (Fsp3) is 0.533. The molecular weight excluding hydrogens is 250 g/mol. The highest BCUT2D eigenvalue weighted by Gasteiger charge is 2.30. The van der Waals surface area contributed by atoms with Crippen LogP contribution in [0.15, 0.2) is 24.3 Å². The Bertz CT molecular complexity index is 577. The second-order valence-electron chi connectivity index (χ2n) is 5.74. The van der Waals surface area contributed by atoms with Crippen LogP contribution in [0.4, 0.5) is 5.95 Å². The Morgan fingerprint density at radius 1 is 1.05 bits per heavy atom. The van der Waals surface area contributed by atoms with Crippen LogP contribution in [0.3, 0.4) is 0 Å². The molecule has 5 nitrogen and oxygen atoms in total. The molecule has 106 valence electrons. The molecule has 1 aliphatic rings. The van der Waals surface area contributed by atoms with Crippen LogP contribution < -0.4 is 11.1 Å². The molecule has 3 N–H and O–H groups in total. The summed E-state index contributed by atoms with van der Waals surface area (Å²) in [6.45, 7) is 1.56. The van der Waals surface area contributed by atoms with Crippen molar-refractivity contribution in [3.63, 3.8) is 0 Å². The van der Waals surface area contributed by atoms with E-state index in [1.807, 2.05) is 24.3 Å². The molecule has 1 fully saturated rings. The number of fused-ring (bicyclic) bond motifs is 1. The Hall–Kier alpha value is -1.75. The lowest BCUT2D eigenvalue weighted by atomic mass is 9.74. The van der Waals surface area contributed by atoms with Crippen molar-refractivity contribution in [3.8, 4) is 0 Å². The Balaban J connectivity index is 1.72. The van der Waals surface area contributed by atoms with Gasteiger partial charge in [0.2, 0.25) is 5.95 Å². The zero-order valence-electron chi connectivity index (χ0n) is 11.7. The maximum absolute atomic E-state index is 6.00. The molecule has 0 aliphatic heterocycles. The molecule has 20 heavy (non-hydrogen) atoms. The van der Waals surface area contributed by atoms with Crippen LogP contribution in [0, 0.1) is 5.41 Å². The van der Waals surface area contributed by atoms with Gasteiger partial charge in [0.15, 0.2) is 0 Å². The minimum absolute atomic E-state index is 0.202. The summed E-state index contributed by atoms with van der Waals surface area (Å²) in [5, 5.41) is 11.7. The zero-order chi connectivity index (χ0) is 13.8. The molecule has 1 aliphatic carbocycles. The Morgan fingerprint density at radius 2 is 1.80 bits per heavy atom. The maximum Gasteiger partial charge on any atom is 0.243 e. The number of hydrogen-bond acceptors (Lipinski definition) is 5. The molecule has 1 saturated carbocycles. The molecule has 0 atom stereocenters. The first-order valence-corrected chi connectivity index (χ1v) is 7.35. The number of hydrogen-bond donors (Lipinski definition) is 2. The van der Waals surface area contributed by atoms with E-state index in [2.05, 4.69) is 20.5 Å². The van der Waals surface area contributed by atoms with Gasteiger partial charge in [0.1, 0.15) is 5.52 Å². The second kappa shape index (κ2) is 5.71. The molecule has 0 amide bonds. The molecule has 0 bridgehead atoms. The topological polar surface area (TPSA) is 76.7 Å². The summed E-state index contributed by atoms with van der Waals surface area (Å²) in [7, 11) is 0. The van der Waals surface area contributed by atoms with Crippen molar-refractivity contribution >= 4 is 17.0 Å². The molecule has 1 heterocycles. The van der Waals surface area contributed by atoms with E-state index in [0.29, 0.717) is 5.95 Å². The van der Waals surface area contributed by atoms with Gasteiger partial charge in [0.05, 0.1) is 5.52 Å². The normalized spacial score (nSPS) is 18.1. The number of anilines is 1. The van der Waals surface area contributed by atoms with E-state index in [1.54, 1.807) is 0 Å². The van der Waals surface area contributed by atoms with E-state index in [4.69, 9.17) is 5.73 Å². The molecule has 3 rings (SSSR count). The number of nitrogens with one attached hydrogen (secondary N) is 1. The quantitative estimate of drug-likeness (QED) is 0.892. The molecule has 0 saturated heterocycles. The second-order valence-corrected chi connectivity index (χ2v) is 5.74. The van der Waals surface area contributed by atoms with Gasteiger partial charge in [-0.1, -0.05) is 31.4 Å². The summed E-state index contributed by atoms with van der Waals surface area (Å²) in [4.78, 5) is 4.50. The first-order valence-electron chi connectivity index (χ1n) is 7.35. The van der Waals surface area contributed by atoms with Crippen molar-refractivity contribution in [1.82, 2.24) is 15.2 Å². The average molecular weight is 271 g/mol. The Kier molecular flexibility index (Phi) is 3.78. The number of nitrogens with zero attached hydrogens (tertiary/aromatic N) is 3. The monoisotopic (exact) mass is 271 g/mol. The summed E-state index contributed by atoms with van der Waals surface area (Å²) in [6.07, 6.45) is 6.26. The summed E-state index contributed by atoms with van der Waals surface area (Å²) in [6, 6.07) is 7.77. The van der Waals surface area contributed by atoms with Crippen LogP contribution >= 0.6 is 0 Å². The molecule has 1 aromatic heterocycles. The lowest BCUT2D eigenvalue weighted by Gasteiger charge is -2.36. The van der Waals surface area contributed by atoms with Crippen LogP contribution in [0.5, 0.6) is 0 Å². The van der Waals surface area contributed by atoms with Crippen LogP contribution in [-0.4, -0.2) is 28.3 Å². The summed E-state index contributed by atoms with van der Waals surface area (Å²) < 4.78 is 0. The van der Waals surface area contributed by atoms with Crippen molar-refractivity contribution in [2.24, 2.45) is 11.1 Å². The standard InChI is InChI=1S/C15H21N5/c16-10-15(8-4-1-5-9-15)11-17-14-18-12-6-2-3-7-13(12)19-20-14/h2-3,6-7H,1,4-5,8-11,16H2,(H,17,18,20). The van der Waals surface area contributed by atoms with Gasteiger partial charge in [-0.2, -0.15) is 0 Å². The van der Waals surface area contributed by atoms with Crippen LogP contribution in [0.1, 0.15) is 32.1 Å². The number of aromatic nitrogens is 3. The first-order chi connectivity index (χ1) is 9.81. The van der Waals surface area contributed by atoms with Gasteiger partial charge in [0.25, 0.3) is 0 Å². The van der Waals surface area contributed by atoms with Crippen LogP contribution in [-0.2, 0) is 0 Å². The van der Waals surface area contributed by atoms with Gasteiger partial charge in [-0.15, -0.1) is 10.2 Å². The molecule has 2 aromatic rings. The van der Waals surface area contributed by atoms with Gasteiger partial charge in [0, 0.05) is 6.54 Å². The van der Waals surface area contributed by atoms with E-state index in [9.17, 15) is 0 Å². The van der Waals surface area contributed by atoms with E-state index in [1.165, 1.54) is 32.1 Å². The van der Waals surface area contributed by atoms with Crippen LogP contribution in [0.25, 0.3) is 11.0 Å². The predicted octanol–water partition coefficient (Wildman–Crippen LogP) is 2.35. The minimum Gasteiger partial charge on any atom is -0.352 e. The number of nitrogens with two attached hydrogens (primary N) is 1. The van der Waals surface area contributed by atoms with Crippen molar-refractivity contribution < 1.29 is 0 Å². The van der Waals surface area contributed by atoms with E-state index in [-0.39, 0.29) is 5.41 Å². The molecule has 0 spiro atoms. The molecule has 5 heteroatoms. The number of rotatable bonds is 4. The van der Waals surface area contributed by atoms with Crippen molar-refractivity contribution in [2.75, 3.05) is 18.4 Å². The summed E-state index contributed by atoms with van der Waals surface area (Å²) >= 11 is 0. The highest BCUT2D eigenvalue weighted by atomic mass is 15.2. The lowest BCUT2D eigenvalue weighted by molar-refractivity contribution is 0.215. The Labute approximate surface area is 119 Å². The molecule has 0 radical (unpaired) electrons. The Morgan fingerprint density at radius 3 is 2.55 bits per heavy atom. The van der Waals surface area contributed by atoms with E-state index in [0.717, 1.165) is 24.1 Å². The zero-order valence-corrected chi connectivity index (χ0v) is 11.7. The molecule has 1 aromatic carbocycles. The van der Waals surface area contributed by atoms with Crippen molar-refractivity contribution in [2.45, 2.75) is 32.1 Å². The SMILES string of the molecule is NCC1(CNc2nnc3ccccc3n2)CCCCC1. The maximum atomic E-state index is 6.00. The van der Waals surface area contributed by atoms with Gasteiger partial charge in [-0.05, 0) is 36.9 Å².